The van der Waals surface area contributed by atoms with Gasteiger partial charge in [0.2, 0.25) is 5.91 Å². The van der Waals surface area contributed by atoms with E-state index in [4.69, 9.17) is 5.11 Å². The Hall–Kier alpha value is -2.44. The SMILES string of the molecule is COC(=O)c1ncccc1N1CC(C(=O)O)CC1=O. The molecule has 2 heterocycles. The first-order valence-corrected chi connectivity index (χ1v) is 5.61. The van der Waals surface area contributed by atoms with Crippen molar-refractivity contribution in [2.45, 2.75) is 6.42 Å². The normalized spacial score (nSPS) is 18.5. The molecule has 0 spiro atoms. The zero-order valence-corrected chi connectivity index (χ0v) is 10.2. The van der Waals surface area contributed by atoms with Crippen molar-refractivity contribution in [3.05, 3.63) is 24.0 Å². The number of rotatable bonds is 3. The predicted molar refractivity (Wildman–Crippen MR) is 63.7 cm³/mol. The molecule has 7 heteroatoms. The molecule has 1 aromatic rings. The Morgan fingerprint density at radius 1 is 1.53 bits per heavy atom. The molecule has 2 rings (SSSR count). The average molecular weight is 264 g/mol. The highest BCUT2D eigenvalue weighted by atomic mass is 16.5. The summed E-state index contributed by atoms with van der Waals surface area (Å²) >= 11 is 0. The average Bonchev–Trinajstić information content (AvgIpc) is 2.80. The third-order valence-corrected chi connectivity index (χ3v) is 2.93. The molecule has 1 N–H and O–H groups in total. The van der Waals surface area contributed by atoms with Crippen molar-refractivity contribution in [2.24, 2.45) is 5.92 Å². The van der Waals surface area contributed by atoms with Gasteiger partial charge in [-0.15, -0.1) is 0 Å². The number of hydrogen-bond acceptors (Lipinski definition) is 5. The number of amides is 1. The van der Waals surface area contributed by atoms with E-state index in [2.05, 4.69) is 9.72 Å². The number of pyridine rings is 1. The third-order valence-electron chi connectivity index (χ3n) is 2.93. The minimum atomic E-state index is -1.03. The Bertz CT molecular complexity index is 543. The van der Waals surface area contributed by atoms with Crippen LogP contribution in [0.1, 0.15) is 16.9 Å². The van der Waals surface area contributed by atoms with Gasteiger partial charge in [-0.3, -0.25) is 9.59 Å². The number of carbonyl (C=O) groups excluding carboxylic acids is 2. The summed E-state index contributed by atoms with van der Waals surface area (Å²) in [5, 5.41) is 8.93. The molecule has 0 saturated carbocycles. The van der Waals surface area contributed by atoms with Crippen molar-refractivity contribution in [3.63, 3.8) is 0 Å². The molecular formula is C12H12N2O5. The lowest BCUT2D eigenvalue weighted by molar-refractivity contribution is -0.141. The van der Waals surface area contributed by atoms with Crippen molar-refractivity contribution < 1.29 is 24.2 Å². The number of nitrogens with zero attached hydrogens (tertiary/aromatic N) is 2. The fraction of sp³-hybridized carbons (Fsp3) is 0.333. The van der Waals surface area contributed by atoms with Crippen molar-refractivity contribution in [1.29, 1.82) is 0 Å². The van der Waals surface area contributed by atoms with Gasteiger partial charge in [-0.05, 0) is 12.1 Å². The van der Waals surface area contributed by atoms with Crippen LogP contribution in [0.25, 0.3) is 0 Å². The van der Waals surface area contributed by atoms with Gasteiger partial charge in [-0.25, -0.2) is 9.78 Å². The van der Waals surface area contributed by atoms with Crippen LogP contribution >= 0.6 is 0 Å². The van der Waals surface area contributed by atoms with E-state index in [1.165, 1.54) is 18.2 Å². The highest BCUT2D eigenvalue weighted by Crippen LogP contribution is 2.27. The lowest BCUT2D eigenvalue weighted by Crippen LogP contribution is -2.28. The molecule has 19 heavy (non-hydrogen) atoms. The molecule has 0 aliphatic carbocycles. The molecule has 0 radical (unpaired) electrons. The highest BCUT2D eigenvalue weighted by Gasteiger charge is 2.36. The summed E-state index contributed by atoms with van der Waals surface area (Å²) in [6.45, 7) is 0.0316. The second-order valence-electron chi connectivity index (χ2n) is 4.11. The van der Waals surface area contributed by atoms with Gasteiger partial charge >= 0.3 is 11.9 Å². The minimum absolute atomic E-state index is 0.00406. The molecule has 1 fully saturated rings. The Morgan fingerprint density at radius 3 is 2.84 bits per heavy atom. The number of esters is 1. The van der Waals surface area contributed by atoms with Crippen LogP contribution in [-0.2, 0) is 14.3 Å². The Labute approximate surface area is 108 Å². The lowest BCUT2D eigenvalue weighted by atomic mass is 10.1. The first-order chi connectivity index (χ1) is 9.04. The van der Waals surface area contributed by atoms with Crippen LogP contribution < -0.4 is 4.90 Å². The minimum Gasteiger partial charge on any atom is -0.481 e. The Balaban J connectivity index is 2.35. The standard InChI is InChI=1S/C12H12N2O5/c1-19-12(18)10-8(3-2-4-13-10)14-6-7(11(16)17)5-9(14)15/h2-4,7H,5-6H2,1H3,(H,16,17). The van der Waals surface area contributed by atoms with Crippen molar-refractivity contribution in [1.82, 2.24) is 4.98 Å². The second kappa shape index (κ2) is 5.05. The first-order valence-electron chi connectivity index (χ1n) is 5.61. The van der Waals surface area contributed by atoms with Crippen LogP contribution in [-0.4, -0.2) is 41.6 Å². The summed E-state index contributed by atoms with van der Waals surface area (Å²) < 4.78 is 4.59. The smallest absolute Gasteiger partial charge is 0.358 e. The van der Waals surface area contributed by atoms with Gasteiger partial charge in [0, 0.05) is 19.2 Å². The van der Waals surface area contributed by atoms with Crippen molar-refractivity contribution in [2.75, 3.05) is 18.6 Å². The molecule has 0 aromatic carbocycles. The van der Waals surface area contributed by atoms with E-state index in [9.17, 15) is 14.4 Å². The van der Waals surface area contributed by atoms with Crippen LogP contribution in [0.5, 0.6) is 0 Å². The van der Waals surface area contributed by atoms with E-state index in [0.29, 0.717) is 0 Å². The number of hydrogen-bond donors (Lipinski definition) is 1. The molecule has 1 aliphatic rings. The summed E-state index contributed by atoms with van der Waals surface area (Å²) in [6, 6.07) is 3.12. The van der Waals surface area contributed by atoms with Gasteiger partial charge in [0.05, 0.1) is 18.7 Å². The maximum Gasteiger partial charge on any atom is 0.358 e. The lowest BCUT2D eigenvalue weighted by Gasteiger charge is -2.17. The molecule has 7 nitrogen and oxygen atoms in total. The van der Waals surface area contributed by atoms with Crippen LogP contribution in [0, 0.1) is 5.92 Å². The van der Waals surface area contributed by atoms with Gasteiger partial charge in [0.15, 0.2) is 5.69 Å². The van der Waals surface area contributed by atoms with E-state index in [-0.39, 0.29) is 30.3 Å². The third kappa shape index (κ3) is 2.40. The van der Waals surface area contributed by atoms with E-state index >= 15 is 0 Å². The number of anilines is 1. The first kappa shape index (κ1) is 13.0. The number of carboxylic acid groups (broad SMARTS) is 1. The fourth-order valence-corrected chi connectivity index (χ4v) is 1.97. The number of carboxylic acids is 1. The number of carbonyl (C=O) groups is 3. The summed E-state index contributed by atoms with van der Waals surface area (Å²) in [5.41, 5.74) is 0.285. The predicted octanol–water partition coefficient (Wildman–Crippen LogP) is 0.306. The van der Waals surface area contributed by atoms with Gasteiger partial charge in [-0.1, -0.05) is 0 Å². The number of methoxy groups -OCH3 is 1. The quantitative estimate of drug-likeness (QED) is 0.789. The number of ether oxygens (including phenoxy) is 1. The van der Waals surface area contributed by atoms with Gasteiger partial charge in [0.1, 0.15) is 0 Å². The monoisotopic (exact) mass is 264 g/mol. The fourth-order valence-electron chi connectivity index (χ4n) is 1.97. The van der Waals surface area contributed by atoms with E-state index in [1.807, 2.05) is 0 Å². The topological polar surface area (TPSA) is 96.8 Å². The van der Waals surface area contributed by atoms with E-state index in [0.717, 1.165) is 0 Å². The Morgan fingerprint density at radius 2 is 2.26 bits per heavy atom. The molecule has 0 bridgehead atoms. The van der Waals surface area contributed by atoms with Crippen molar-refractivity contribution >= 4 is 23.5 Å². The van der Waals surface area contributed by atoms with Crippen LogP contribution in [0.4, 0.5) is 5.69 Å². The molecule has 1 amide bonds. The highest BCUT2D eigenvalue weighted by molar-refractivity contribution is 6.04. The largest absolute Gasteiger partial charge is 0.481 e. The maximum absolute atomic E-state index is 11.8. The summed E-state index contributed by atoms with van der Waals surface area (Å²) in [6.07, 6.45) is 1.33. The van der Waals surface area contributed by atoms with Gasteiger partial charge in [-0.2, -0.15) is 0 Å². The molecule has 1 aromatic heterocycles. The van der Waals surface area contributed by atoms with Crippen LogP contribution in [0.15, 0.2) is 18.3 Å². The van der Waals surface area contributed by atoms with E-state index in [1.54, 1.807) is 12.1 Å². The maximum atomic E-state index is 11.8. The van der Waals surface area contributed by atoms with Crippen LogP contribution in [0.2, 0.25) is 0 Å². The molecular weight excluding hydrogens is 252 g/mol. The molecule has 1 unspecified atom stereocenters. The summed E-state index contributed by atoms with van der Waals surface area (Å²) in [5.74, 6) is -2.80. The summed E-state index contributed by atoms with van der Waals surface area (Å²) in [4.78, 5) is 39.5. The zero-order chi connectivity index (χ0) is 14.0. The Kier molecular flexibility index (Phi) is 3.46. The van der Waals surface area contributed by atoms with Gasteiger partial charge in [0.25, 0.3) is 0 Å². The van der Waals surface area contributed by atoms with Crippen LogP contribution in [0.3, 0.4) is 0 Å². The number of aromatic nitrogens is 1. The molecule has 1 saturated heterocycles. The molecule has 1 aliphatic heterocycles. The second-order valence-corrected chi connectivity index (χ2v) is 4.11. The van der Waals surface area contributed by atoms with Gasteiger partial charge < -0.3 is 14.7 Å². The molecule has 100 valence electrons. The summed E-state index contributed by atoms with van der Waals surface area (Å²) in [7, 11) is 1.21. The van der Waals surface area contributed by atoms with Crippen molar-refractivity contribution in [3.8, 4) is 0 Å². The number of aliphatic carboxylic acids is 1. The van der Waals surface area contributed by atoms with E-state index < -0.39 is 17.9 Å². The molecule has 1 atom stereocenters. The zero-order valence-electron chi connectivity index (χ0n) is 10.2.